The van der Waals surface area contributed by atoms with Crippen LogP contribution < -0.4 is 5.32 Å². The zero-order valence-electron chi connectivity index (χ0n) is 10.5. The molecule has 0 saturated heterocycles. The monoisotopic (exact) mass is 336 g/mol. The SMILES string of the molecule is O=C(O)c1ccc(CCNC(=O)c2cc(Br)c[nH]2)cc1. The van der Waals surface area contributed by atoms with E-state index in [9.17, 15) is 9.59 Å². The molecule has 5 nitrogen and oxygen atoms in total. The van der Waals surface area contributed by atoms with E-state index < -0.39 is 5.97 Å². The Hall–Kier alpha value is -2.08. The minimum atomic E-state index is -0.942. The van der Waals surface area contributed by atoms with E-state index in [1.807, 2.05) is 0 Å². The molecule has 0 fully saturated rings. The van der Waals surface area contributed by atoms with Crippen LogP contribution in [0.2, 0.25) is 0 Å². The van der Waals surface area contributed by atoms with Crippen LogP contribution in [0.25, 0.3) is 0 Å². The van der Waals surface area contributed by atoms with Crippen LogP contribution in [-0.2, 0) is 6.42 Å². The average Bonchev–Trinajstić information content (AvgIpc) is 2.86. The van der Waals surface area contributed by atoms with Crippen molar-refractivity contribution >= 4 is 27.8 Å². The van der Waals surface area contributed by atoms with E-state index in [1.165, 1.54) is 0 Å². The molecule has 104 valence electrons. The Labute approximate surface area is 124 Å². The standard InChI is InChI=1S/C14H13BrN2O3/c15-11-7-12(17-8-11)13(18)16-6-5-9-1-3-10(4-2-9)14(19)20/h1-4,7-8,17H,5-6H2,(H,16,18)(H,19,20). The lowest BCUT2D eigenvalue weighted by Gasteiger charge is -2.04. The number of aromatic carboxylic acids is 1. The normalized spacial score (nSPS) is 10.2. The Morgan fingerprint density at radius 3 is 2.50 bits per heavy atom. The van der Waals surface area contributed by atoms with Gasteiger partial charge in [-0.1, -0.05) is 12.1 Å². The first-order valence-electron chi connectivity index (χ1n) is 6.00. The fraction of sp³-hybridized carbons (Fsp3) is 0.143. The lowest BCUT2D eigenvalue weighted by molar-refractivity contribution is 0.0696. The quantitative estimate of drug-likeness (QED) is 0.784. The van der Waals surface area contributed by atoms with Crippen molar-refractivity contribution in [2.75, 3.05) is 6.54 Å². The molecule has 2 aromatic rings. The molecular weight excluding hydrogens is 324 g/mol. The van der Waals surface area contributed by atoms with Crippen LogP contribution in [0.3, 0.4) is 0 Å². The first-order valence-corrected chi connectivity index (χ1v) is 6.80. The number of H-pyrrole nitrogens is 1. The Morgan fingerprint density at radius 2 is 1.95 bits per heavy atom. The van der Waals surface area contributed by atoms with Gasteiger partial charge in [0.25, 0.3) is 5.91 Å². The highest BCUT2D eigenvalue weighted by Crippen LogP contribution is 2.10. The summed E-state index contributed by atoms with van der Waals surface area (Å²) in [6.07, 6.45) is 2.34. The second kappa shape index (κ2) is 6.38. The Balaban J connectivity index is 1.83. The van der Waals surface area contributed by atoms with E-state index in [4.69, 9.17) is 5.11 Å². The lowest BCUT2D eigenvalue weighted by atomic mass is 10.1. The van der Waals surface area contributed by atoms with Crippen LogP contribution in [0.15, 0.2) is 41.0 Å². The molecule has 0 radical (unpaired) electrons. The van der Waals surface area contributed by atoms with Gasteiger partial charge in [0.1, 0.15) is 5.69 Å². The number of rotatable bonds is 5. The molecule has 0 saturated carbocycles. The van der Waals surface area contributed by atoms with Gasteiger partial charge in [0.15, 0.2) is 0 Å². The predicted molar refractivity (Wildman–Crippen MR) is 77.9 cm³/mol. The number of benzene rings is 1. The van der Waals surface area contributed by atoms with Crippen LogP contribution in [0.1, 0.15) is 26.4 Å². The number of carboxylic acids is 1. The van der Waals surface area contributed by atoms with Crippen molar-refractivity contribution in [2.45, 2.75) is 6.42 Å². The van der Waals surface area contributed by atoms with Crippen LogP contribution in [0.4, 0.5) is 0 Å². The maximum Gasteiger partial charge on any atom is 0.335 e. The molecule has 6 heteroatoms. The molecule has 0 unspecified atom stereocenters. The molecule has 1 heterocycles. The van der Waals surface area contributed by atoms with Crippen molar-refractivity contribution in [1.82, 2.24) is 10.3 Å². The highest BCUT2D eigenvalue weighted by molar-refractivity contribution is 9.10. The van der Waals surface area contributed by atoms with Crippen LogP contribution in [0.5, 0.6) is 0 Å². The number of nitrogens with one attached hydrogen (secondary N) is 2. The molecule has 1 aromatic carbocycles. The number of carbonyl (C=O) groups excluding carboxylic acids is 1. The third-order valence-electron chi connectivity index (χ3n) is 2.79. The molecule has 0 aliphatic carbocycles. The second-order valence-corrected chi connectivity index (χ2v) is 5.16. The van der Waals surface area contributed by atoms with E-state index in [0.717, 1.165) is 10.0 Å². The summed E-state index contributed by atoms with van der Waals surface area (Å²) < 4.78 is 0.826. The van der Waals surface area contributed by atoms with Crippen molar-refractivity contribution in [3.8, 4) is 0 Å². The van der Waals surface area contributed by atoms with Gasteiger partial charge in [0.05, 0.1) is 5.56 Å². The summed E-state index contributed by atoms with van der Waals surface area (Å²) in [6, 6.07) is 8.32. The van der Waals surface area contributed by atoms with E-state index in [0.29, 0.717) is 18.7 Å². The number of hydrogen-bond donors (Lipinski definition) is 3. The van der Waals surface area contributed by atoms with Crippen molar-refractivity contribution in [3.05, 3.63) is 57.8 Å². The molecule has 20 heavy (non-hydrogen) atoms. The lowest BCUT2D eigenvalue weighted by Crippen LogP contribution is -2.25. The van der Waals surface area contributed by atoms with E-state index in [2.05, 4.69) is 26.2 Å². The summed E-state index contributed by atoms with van der Waals surface area (Å²) >= 11 is 3.26. The first kappa shape index (κ1) is 14.3. The molecule has 0 spiro atoms. The third kappa shape index (κ3) is 3.71. The third-order valence-corrected chi connectivity index (χ3v) is 3.25. The number of halogens is 1. The van der Waals surface area contributed by atoms with Crippen molar-refractivity contribution in [2.24, 2.45) is 0 Å². The van der Waals surface area contributed by atoms with Gasteiger partial charge in [0.2, 0.25) is 0 Å². The number of amides is 1. The van der Waals surface area contributed by atoms with Crippen LogP contribution >= 0.6 is 15.9 Å². The fourth-order valence-electron chi connectivity index (χ4n) is 1.73. The Kier molecular flexibility index (Phi) is 4.57. The smallest absolute Gasteiger partial charge is 0.335 e. The molecule has 2 rings (SSSR count). The van der Waals surface area contributed by atoms with Gasteiger partial charge >= 0.3 is 5.97 Å². The maximum atomic E-state index is 11.8. The fourth-order valence-corrected chi connectivity index (χ4v) is 2.07. The number of hydrogen-bond acceptors (Lipinski definition) is 2. The number of carboxylic acid groups (broad SMARTS) is 1. The minimum Gasteiger partial charge on any atom is -0.478 e. The largest absolute Gasteiger partial charge is 0.478 e. The van der Waals surface area contributed by atoms with E-state index in [1.54, 1.807) is 36.5 Å². The Morgan fingerprint density at radius 1 is 1.25 bits per heavy atom. The summed E-state index contributed by atoms with van der Waals surface area (Å²) in [5, 5.41) is 11.6. The van der Waals surface area contributed by atoms with Gasteiger partial charge in [0, 0.05) is 17.2 Å². The zero-order valence-corrected chi connectivity index (χ0v) is 12.1. The molecule has 0 aliphatic rings. The number of aromatic amines is 1. The van der Waals surface area contributed by atoms with Gasteiger partial charge < -0.3 is 15.4 Å². The van der Waals surface area contributed by atoms with Gasteiger partial charge in [-0.05, 0) is 46.1 Å². The summed E-state index contributed by atoms with van der Waals surface area (Å²) in [4.78, 5) is 25.3. The van der Waals surface area contributed by atoms with Gasteiger partial charge in [-0.3, -0.25) is 4.79 Å². The summed E-state index contributed by atoms with van der Waals surface area (Å²) in [5.41, 5.74) is 1.73. The second-order valence-electron chi connectivity index (χ2n) is 4.24. The molecule has 1 amide bonds. The highest BCUT2D eigenvalue weighted by atomic mass is 79.9. The highest BCUT2D eigenvalue weighted by Gasteiger charge is 2.07. The molecule has 0 aliphatic heterocycles. The van der Waals surface area contributed by atoms with Gasteiger partial charge in [-0.25, -0.2) is 4.79 Å². The number of aromatic nitrogens is 1. The molecule has 0 bridgehead atoms. The average molecular weight is 337 g/mol. The van der Waals surface area contributed by atoms with Gasteiger partial charge in [-0.2, -0.15) is 0 Å². The Bertz CT molecular complexity index is 620. The van der Waals surface area contributed by atoms with Crippen molar-refractivity contribution in [1.29, 1.82) is 0 Å². The predicted octanol–water partition coefficient (Wildman–Crippen LogP) is 2.45. The minimum absolute atomic E-state index is 0.169. The molecule has 1 aromatic heterocycles. The number of carbonyl (C=O) groups is 2. The maximum absolute atomic E-state index is 11.8. The van der Waals surface area contributed by atoms with Crippen molar-refractivity contribution < 1.29 is 14.7 Å². The summed E-state index contributed by atoms with van der Waals surface area (Å²) in [5.74, 6) is -1.11. The van der Waals surface area contributed by atoms with E-state index >= 15 is 0 Å². The van der Waals surface area contributed by atoms with E-state index in [-0.39, 0.29) is 11.5 Å². The van der Waals surface area contributed by atoms with Gasteiger partial charge in [-0.15, -0.1) is 0 Å². The summed E-state index contributed by atoms with van der Waals surface area (Å²) in [7, 11) is 0. The summed E-state index contributed by atoms with van der Waals surface area (Å²) in [6.45, 7) is 0.488. The zero-order chi connectivity index (χ0) is 14.5. The molecule has 0 atom stereocenters. The van der Waals surface area contributed by atoms with Crippen molar-refractivity contribution in [3.63, 3.8) is 0 Å². The first-order chi connectivity index (χ1) is 9.56. The van der Waals surface area contributed by atoms with Crippen LogP contribution in [-0.4, -0.2) is 28.5 Å². The molecule has 3 N–H and O–H groups in total. The topological polar surface area (TPSA) is 82.2 Å². The molecular formula is C14H13BrN2O3. The van der Waals surface area contributed by atoms with Crippen LogP contribution in [0, 0.1) is 0 Å².